The first-order valence-electron chi connectivity index (χ1n) is 9.68. The number of rotatable bonds is 6. The molecule has 1 aliphatic rings. The van der Waals surface area contributed by atoms with Gasteiger partial charge in [-0.05, 0) is 54.8 Å². The van der Waals surface area contributed by atoms with Gasteiger partial charge in [0.2, 0.25) is 10.0 Å². The predicted octanol–water partition coefficient (Wildman–Crippen LogP) is 3.92. The Morgan fingerprint density at radius 3 is 2.59 bits per heavy atom. The highest BCUT2D eigenvalue weighted by molar-refractivity contribution is 7.89. The van der Waals surface area contributed by atoms with E-state index < -0.39 is 16.6 Å². The molecule has 0 radical (unpaired) electrons. The molecule has 2 aromatic carbocycles. The van der Waals surface area contributed by atoms with Crippen LogP contribution in [0.2, 0.25) is 5.02 Å². The molecule has 0 aliphatic carbocycles. The zero-order valence-corrected chi connectivity index (χ0v) is 18.5. The Labute approximate surface area is 188 Å². The van der Waals surface area contributed by atoms with Crippen molar-refractivity contribution in [2.24, 2.45) is 0 Å². The summed E-state index contributed by atoms with van der Waals surface area (Å²) in [6.45, 7) is -1.22. The average Bonchev–Trinajstić information content (AvgIpc) is 3.36. The van der Waals surface area contributed by atoms with Crippen LogP contribution >= 0.6 is 11.6 Å². The zero-order valence-electron chi connectivity index (χ0n) is 16.9. The third kappa shape index (κ3) is 4.25. The van der Waals surface area contributed by atoms with Crippen LogP contribution in [0, 0.1) is 6.92 Å². The van der Waals surface area contributed by atoms with E-state index in [9.17, 15) is 22.0 Å². The molecule has 2 heterocycles. The van der Waals surface area contributed by atoms with Gasteiger partial charge >= 0.3 is 6.55 Å². The number of hydrogen-bond donors (Lipinski definition) is 1. The lowest BCUT2D eigenvalue weighted by atomic mass is 10.1. The number of halogens is 3. The van der Waals surface area contributed by atoms with E-state index in [2.05, 4.69) is 9.82 Å². The van der Waals surface area contributed by atoms with Gasteiger partial charge in [-0.25, -0.2) is 17.8 Å². The van der Waals surface area contributed by atoms with Gasteiger partial charge in [0.25, 0.3) is 5.91 Å². The number of carbonyl (C=O) groups excluding carboxylic acids is 1. The number of carbonyl (C=O) groups is 1. The second-order valence-corrected chi connectivity index (χ2v) is 9.49. The van der Waals surface area contributed by atoms with Gasteiger partial charge in [-0.1, -0.05) is 23.7 Å². The number of amides is 1. The smallest absolute Gasteiger partial charge is 0.308 e. The van der Waals surface area contributed by atoms with Crippen molar-refractivity contribution in [1.29, 1.82) is 0 Å². The van der Waals surface area contributed by atoms with Crippen molar-refractivity contribution >= 4 is 33.2 Å². The maximum Gasteiger partial charge on any atom is 0.333 e. The van der Waals surface area contributed by atoms with E-state index in [1.165, 1.54) is 6.92 Å². The molecule has 1 aromatic heterocycles. The lowest BCUT2D eigenvalue weighted by Crippen LogP contribution is -2.29. The number of anilines is 1. The summed E-state index contributed by atoms with van der Waals surface area (Å²) in [6, 6.07) is 12.0. The fourth-order valence-corrected chi connectivity index (χ4v) is 4.92. The van der Waals surface area contributed by atoms with E-state index in [4.69, 9.17) is 11.6 Å². The highest BCUT2D eigenvalue weighted by Crippen LogP contribution is 2.31. The average molecular weight is 481 g/mol. The fraction of sp³-hybridized carbons (Fsp3) is 0.238. The molecule has 1 aliphatic heterocycles. The van der Waals surface area contributed by atoms with Gasteiger partial charge in [0.15, 0.2) is 0 Å². The monoisotopic (exact) mass is 480 g/mol. The number of alkyl halides is 2. The minimum Gasteiger partial charge on any atom is -0.308 e. The Hall–Kier alpha value is -2.82. The van der Waals surface area contributed by atoms with Gasteiger partial charge in [-0.15, -0.1) is 0 Å². The molecule has 7 nitrogen and oxygen atoms in total. The van der Waals surface area contributed by atoms with Crippen LogP contribution in [0.25, 0.3) is 0 Å². The van der Waals surface area contributed by atoms with Crippen molar-refractivity contribution in [3.63, 3.8) is 0 Å². The number of aromatic nitrogens is 2. The molecule has 0 unspecified atom stereocenters. The number of sulfonamides is 1. The van der Waals surface area contributed by atoms with Crippen LogP contribution in [0.5, 0.6) is 0 Å². The summed E-state index contributed by atoms with van der Waals surface area (Å²) < 4.78 is 53.8. The highest BCUT2D eigenvalue weighted by Gasteiger charge is 2.27. The van der Waals surface area contributed by atoms with Crippen LogP contribution in [-0.4, -0.2) is 30.7 Å². The summed E-state index contributed by atoms with van der Waals surface area (Å²) in [5, 5.41) is 3.98. The van der Waals surface area contributed by atoms with Gasteiger partial charge in [-0.3, -0.25) is 4.79 Å². The molecule has 0 atom stereocenters. The molecule has 168 valence electrons. The van der Waals surface area contributed by atoms with Crippen molar-refractivity contribution < 1.29 is 22.0 Å². The maximum absolute atomic E-state index is 12.9. The van der Waals surface area contributed by atoms with Gasteiger partial charge < -0.3 is 4.90 Å². The second-order valence-electron chi connectivity index (χ2n) is 7.32. The first kappa shape index (κ1) is 22.4. The summed E-state index contributed by atoms with van der Waals surface area (Å²) in [4.78, 5) is 14.3. The summed E-state index contributed by atoms with van der Waals surface area (Å²) in [5.41, 5.74) is 2.67. The molecule has 4 rings (SSSR count). The first-order valence-corrected chi connectivity index (χ1v) is 11.5. The van der Waals surface area contributed by atoms with Crippen molar-refractivity contribution in [2.45, 2.75) is 31.3 Å². The molecule has 0 saturated carbocycles. The molecular weight excluding hydrogens is 462 g/mol. The van der Waals surface area contributed by atoms with E-state index in [0.29, 0.717) is 39.5 Å². The molecule has 0 spiro atoms. The topological polar surface area (TPSA) is 84.3 Å². The first-order chi connectivity index (χ1) is 15.2. The number of nitrogens with one attached hydrogen (secondary N) is 1. The molecule has 11 heteroatoms. The second kappa shape index (κ2) is 8.61. The Kier molecular flexibility index (Phi) is 6.02. The molecule has 0 saturated heterocycles. The third-order valence-electron chi connectivity index (χ3n) is 5.32. The predicted molar refractivity (Wildman–Crippen MR) is 116 cm³/mol. The summed E-state index contributed by atoms with van der Waals surface area (Å²) >= 11 is 5.90. The van der Waals surface area contributed by atoms with Crippen LogP contribution in [0.3, 0.4) is 0 Å². The number of hydrogen-bond acceptors (Lipinski definition) is 4. The third-order valence-corrected chi connectivity index (χ3v) is 7.08. The highest BCUT2D eigenvalue weighted by atomic mass is 35.5. The van der Waals surface area contributed by atoms with Crippen molar-refractivity contribution in [3.05, 3.63) is 76.1 Å². The fourth-order valence-electron chi connectivity index (χ4n) is 3.62. The van der Waals surface area contributed by atoms with Crippen LogP contribution in [0.15, 0.2) is 53.6 Å². The van der Waals surface area contributed by atoms with E-state index in [1.54, 1.807) is 41.3 Å². The molecule has 3 aromatic rings. The molecule has 0 bridgehead atoms. The SMILES string of the molecule is Cc1c(S(=O)(=O)NCc2ccc3c(c2)N(C(=O)c2ccc(Cl)cc2)CC3)cnn1C(F)F. The van der Waals surface area contributed by atoms with E-state index >= 15 is 0 Å². The van der Waals surface area contributed by atoms with Crippen molar-refractivity contribution in [1.82, 2.24) is 14.5 Å². The maximum atomic E-state index is 12.9. The Morgan fingerprint density at radius 1 is 1.22 bits per heavy atom. The Bertz CT molecular complexity index is 1280. The van der Waals surface area contributed by atoms with E-state index in [-0.39, 0.29) is 23.0 Å². The molecule has 1 amide bonds. The van der Waals surface area contributed by atoms with Crippen LogP contribution in [0.1, 0.15) is 33.7 Å². The van der Waals surface area contributed by atoms with Crippen LogP contribution < -0.4 is 9.62 Å². The van der Waals surface area contributed by atoms with Crippen LogP contribution in [0.4, 0.5) is 14.5 Å². The molecule has 32 heavy (non-hydrogen) atoms. The van der Waals surface area contributed by atoms with Crippen molar-refractivity contribution in [3.8, 4) is 0 Å². The Balaban J connectivity index is 1.53. The summed E-state index contributed by atoms with van der Waals surface area (Å²) in [5.74, 6) is -0.173. The normalized spacial score (nSPS) is 13.6. The van der Waals surface area contributed by atoms with Gasteiger partial charge in [-0.2, -0.15) is 13.9 Å². The van der Waals surface area contributed by atoms with Crippen LogP contribution in [-0.2, 0) is 23.0 Å². The van der Waals surface area contributed by atoms with E-state index in [0.717, 1.165) is 11.8 Å². The number of fused-ring (bicyclic) bond motifs is 1. The number of nitrogens with zero attached hydrogens (tertiary/aromatic N) is 3. The summed E-state index contributed by atoms with van der Waals surface area (Å²) in [7, 11) is -4.05. The largest absolute Gasteiger partial charge is 0.333 e. The lowest BCUT2D eigenvalue weighted by molar-refractivity contribution is 0.0541. The van der Waals surface area contributed by atoms with Gasteiger partial charge in [0.05, 0.1) is 11.9 Å². The van der Waals surface area contributed by atoms with Gasteiger partial charge in [0.1, 0.15) is 4.90 Å². The zero-order chi connectivity index (χ0) is 23.0. The van der Waals surface area contributed by atoms with Gasteiger partial charge in [0, 0.05) is 29.4 Å². The molecule has 0 fully saturated rings. The molecular formula is C21H19ClF2N4O3S. The van der Waals surface area contributed by atoms with E-state index in [1.807, 2.05) is 6.07 Å². The number of benzene rings is 2. The quantitative estimate of drug-likeness (QED) is 0.579. The Morgan fingerprint density at radius 2 is 1.94 bits per heavy atom. The molecule has 1 N–H and O–H groups in total. The summed E-state index contributed by atoms with van der Waals surface area (Å²) in [6.07, 6.45) is 1.59. The van der Waals surface area contributed by atoms with Crippen molar-refractivity contribution in [2.75, 3.05) is 11.4 Å². The lowest BCUT2D eigenvalue weighted by Gasteiger charge is -2.18. The minimum absolute atomic E-state index is 0.0715. The minimum atomic E-state index is -4.05. The standard InChI is InChI=1S/C21H19ClF2N4O3S/c1-13-19(12-25-28(13)21(23)24)32(30,31)26-11-14-2-3-15-8-9-27(18(15)10-14)20(29)16-4-6-17(22)7-5-16/h2-7,10,12,21,26H,8-9,11H2,1H3.